The van der Waals surface area contributed by atoms with Crippen molar-refractivity contribution in [3.63, 3.8) is 0 Å². The molecule has 0 unspecified atom stereocenters. The molecule has 2 aromatic carbocycles. The minimum atomic E-state index is -0.666. The largest absolute Gasteiger partial charge is 0.514 e. The minimum Gasteiger partial charge on any atom is -0.431 e. The van der Waals surface area contributed by atoms with Crippen LogP contribution in [0, 0.1) is 0 Å². The van der Waals surface area contributed by atoms with E-state index < -0.39 is 6.16 Å². The second-order valence-electron chi connectivity index (χ2n) is 3.99. The van der Waals surface area contributed by atoms with Crippen molar-refractivity contribution in [2.75, 3.05) is 0 Å². The van der Waals surface area contributed by atoms with E-state index in [1.54, 1.807) is 38.1 Å². The monoisotopic (exact) mass is 258 g/mol. The maximum absolute atomic E-state index is 11.0. The molecule has 0 saturated heterocycles. The molecule has 0 fully saturated rings. The van der Waals surface area contributed by atoms with Crippen LogP contribution in [0.5, 0.6) is 5.75 Å². The third-order valence-corrected chi connectivity index (χ3v) is 1.94. The molecule has 2 rings (SSSR count). The first-order valence-electron chi connectivity index (χ1n) is 6.12. The summed E-state index contributed by atoms with van der Waals surface area (Å²) in [5.74, 6) is 0.494. The van der Waals surface area contributed by atoms with Gasteiger partial charge in [0, 0.05) is 0 Å². The Kier molecular flexibility index (Phi) is 6.80. The number of hydrogen-bond donors (Lipinski definition) is 0. The molecule has 0 N–H and O–H groups in total. The third-order valence-electron chi connectivity index (χ3n) is 1.94. The lowest BCUT2D eigenvalue weighted by Gasteiger charge is -2.07. The van der Waals surface area contributed by atoms with Crippen molar-refractivity contribution in [3.8, 4) is 5.75 Å². The maximum Gasteiger partial charge on any atom is 0.514 e. The molecule has 0 spiro atoms. The number of carbonyl (C=O) groups excluding carboxylic acids is 1. The van der Waals surface area contributed by atoms with E-state index in [-0.39, 0.29) is 6.10 Å². The number of ether oxygens (including phenoxy) is 2. The van der Waals surface area contributed by atoms with Gasteiger partial charge in [-0.25, -0.2) is 4.79 Å². The molecule has 0 saturated carbocycles. The van der Waals surface area contributed by atoms with Gasteiger partial charge in [0.25, 0.3) is 0 Å². The first-order chi connectivity index (χ1) is 9.18. The van der Waals surface area contributed by atoms with E-state index in [4.69, 9.17) is 9.47 Å². The standard InChI is InChI=1S/C10H12O3.C6H6/c1-8(2)12-10(11)13-9-6-4-3-5-7-9;1-2-4-6-5-3-1/h3-8H,1-2H3;1-6H. The Hall–Kier alpha value is -2.29. The Morgan fingerprint density at radius 3 is 1.68 bits per heavy atom. The summed E-state index contributed by atoms with van der Waals surface area (Å²) in [7, 11) is 0. The first-order valence-corrected chi connectivity index (χ1v) is 6.12. The smallest absolute Gasteiger partial charge is 0.431 e. The summed E-state index contributed by atoms with van der Waals surface area (Å²) >= 11 is 0. The van der Waals surface area contributed by atoms with Gasteiger partial charge in [0.15, 0.2) is 0 Å². The van der Waals surface area contributed by atoms with Gasteiger partial charge in [-0.2, -0.15) is 0 Å². The second-order valence-corrected chi connectivity index (χ2v) is 3.99. The number of carbonyl (C=O) groups is 1. The Morgan fingerprint density at radius 2 is 1.26 bits per heavy atom. The summed E-state index contributed by atoms with van der Waals surface area (Å²) in [6.45, 7) is 3.54. The van der Waals surface area contributed by atoms with E-state index in [9.17, 15) is 4.79 Å². The predicted octanol–water partition coefficient (Wildman–Crippen LogP) is 4.30. The lowest BCUT2D eigenvalue weighted by Crippen LogP contribution is -2.15. The zero-order chi connectivity index (χ0) is 13.9. The van der Waals surface area contributed by atoms with Crippen LogP contribution in [0.1, 0.15) is 13.8 Å². The molecule has 0 heterocycles. The Labute approximate surface area is 113 Å². The molecular weight excluding hydrogens is 240 g/mol. The van der Waals surface area contributed by atoms with Crippen LogP contribution in [0.4, 0.5) is 4.79 Å². The number of benzene rings is 2. The zero-order valence-electron chi connectivity index (χ0n) is 11.2. The van der Waals surface area contributed by atoms with Crippen molar-refractivity contribution in [1.82, 2.24) is 0 Å². The predicted molar refractivity (Wildman–Crippen MR) is 75.1 cm³/mol. The highest BCUT2D eigenvalue weighted by Gasteiger charge is 2.06. The fourth-order valence-electron chi connectivity index (χ4n) is 1.19. The summed E-state index contributed by atoms with van der Waals surface area (Å²) in [6, 6.07) is 20.8. The van der Waals surface area contributed by atoms with Crippen LogP contribution >= 0.6 is 0 Å². The van der Waals surface area contributed by atoms with Crippen molar-refractivity contribution in [2.24, 2.45) is 0 Å². The fraction of sp³-hybridized carbons (Fsp3) is 0.188. The minimum absolute atomic E-state index is 0.156. The Bertz CT molecular complexity index is 425. The van der Waals surface area contributed by atoms with Gasteiger partial charge in [-0.05, 0) is 26.0 Å². The normalized spacial score (nSPS) is 9.21. The molecule has 3 nitrogen and oxygen atoms in total. The summed E-state index contributed by atoms with van der Waals surface area (Å²) in [6.07, 6.45) is -0.822. The molecule has 0 bridgehead atoms. The molecule has 0 aliphatic carbocycles. The molecule has 0 aromatic heterocycles. The average Bonchev–Trinajstić information content (AvgIpc) is 2.41. The molecule has 100 valence electrons. The van der Waals surface area contributed by atoms with E-state index in [0.29, 0.717) is 5.75 Å². The highest BCUT2D eigenvalue weighted by molar-refractivity contribution is 5.63. The van der Waals surface area contributed by atoms with Crippen LogP contribution in [0.2, 0.25) is 0 Å². The highest BCUT2D eigenvalue weighted by Crippen LogP contribution is 2.09. The number of hydrogen-bond acceptors (Lipinski definition) is 3. The van der Waals surface area contributed by atoms with Crippen LogP contribution in [0.3, 0.4) is 0 Å². The summed E-state index contributed by atoms with van der Waals surface area (Å²) in [5.41, 5.74) is 0. The van der Waals surface area contributed by atoms with Gasteiger partial charge in [0.05, 0.1) is 6.10 Å². The molecule has 0 amide bonds. The zero-order valence-corrected chi connectivity index (χ0v) is 11.2. The molecular formula is C16H18O3. The topological polar surface area (TPSA) is 35.5 Å². The summed E-state index contributed by atoms with van der Waals surface area (Å²) < 4.78 is 9.66. The Balaban J connectivity index is 0.000000250. The van der Waals surface area contributed by atoms with Gasteiger partial charge in [0.2, 0.25) is 0 Å². The average molecular weight is 258 g/mol. The van der Waals surface area contributed by atoms with E-state index >= 15 is 0 Å². The molecule has 0 aliphatic rings. The van der Waals surface area contributed by atoms with Gasteiger partial charge in [-0.1, -0.05) is 54.6 Å². The molecule has 0 radical (unpaired) electrons. The summed E-state index contributed by atoms with van der Waals surface area (Å²) in [5, 5.41) is 0. The van der Waals surface area contributed by atoms with Crippen LogP contribution in [-0.4, -0.2) is 12.3 Å². The molecule has 0 atom stereocenters. The lowest BCUT2D eigenvalue weighted by atomic mass is 10.3. The highest BCUT2D eigenvalue weighted by atomic mass is 16.7. The third kappa shape index (κ3) is 7.60. The van der Waals surface area contributed by atoms with Gasteiger partial charge >= 0.3 is 6.16 Å². The lowest BCUT2D eigenvalue weighted by molar-refractivity contribution is 0.0729. The van der Waals surface area contributed by atoms with Crippen molar-refractivity contribution in [2.45, 2.75) is 20.0 Å². The van der Waals surface area contributed by atoms with E-state index in [0.717, 1.165) is 0 Å². The van der Waals surface area contributed by atoms with Gasteiger partial charge in [-0.15, -0.1) is 0 Å². The fourth-order valence-corrected chi connectivity index (χ4v) is 1.19. The van der Waals surface area contributed by atoms with Crippen molar-refractivity contribution < 1.29 is 14.3 Å². The van der Waals surface area contributed by atoms with E-state index in [1.165, 1.54) is 0 Å². The van der Waals surface area contributed by atoms with E-state index in [1.807, 2.05) is 42.5 Å². The van der Waals surface area contributed by atoms with Crippen molar-refractivity contribution in [1.29, 1.82) is 0 Å². The van der Waals surface area contributed by atoms with Crippen molar-refractivity contribution in [3.05, 3.63) is 66.7 Å². The molecule has 19 heavy (non-hydrogen) atoms. The van der Waals surface area contributed by atoms with Gasteiger partial charge < -0.3 is 9.47 Å². The van der Waals surface area contributed by atoms with Gasteiger partial charge in [0.1, 0.15) is 5.75 Å². The second kappa shape index (κ2) is 8.75. The first kappa shape index (κ1) is 14.8. The maximum atomic E-state index is 11.0. The summed E-state index contributed by atoms with van der Waals surface area (Å²) in [4.78, 5) is 11.0. The molecule has 3 heteroatoms. The SMILES string of the molecule is CC(C)OC(=O)Oc1ccccc1.c1ccccc1. The quantitative estimate of drug-likeness (QED) is 0.595. The van der Waals surface area contributed by atoms with E-state index in [2.05, 4.69) is 0 Å². The Morgan fingerprint density at radius 1 is 0.842 bits per heavy atom. The van der Waals surface area contributed by atoms with Crippen LogP contribution in [-0.2, 0) is 4.74 Å². The molecule has 2 aromatic rings. The van der Waals surface area contributed by atoms with Crippen LogP contribution in [0.25, 0.3) is 0 Å². The van der Waals surface area contributed by atoms with Gasteiger partial charge in [-0.3, -0.25) is 0 Å². The number of rotatable bonds is 2. The molecule has 0 aliphatic heterocycles. The van der Waals surface area contributed by atoms with Crippen LogP contribution < -0.4 is 4.74 Å². The number of para-hydroxylation sites is 1. The van der Waals surface area contributed by atoms with Crippen molar-refractivity contribution >= 4 is 6.16 Å². The van der Waals surface area contributed by atoms with Crippen LogP contribution in [0.15, 0.2) is 66.7 Å².